The van der Waals surface area contributed by atoms with Gasteiger partial charge in [-0.25, -0.2) is 4.79 Å². The van der Waals surface area contributed by atoms with Crippen LogP contribution in [-0.4, -0.2) is 50.8 Å². The lowest BCUT2D eigenvalue weighted by molar-refractivity contribution is 0.0491. The maximum atomic E-state index is 11.4. The number of alkyl carbamates (subject to hydrolysis) is 1. The smallest absolute Gasteiger partial charge is 0.407 e. The molecule has 0 rings (SSSR count). The van der Waals surface area contributed by atoms with Gasteiger partial charge in [-0.3, -0.25) is 4.21 Å². The Kier molecular flexibility index (Phi) is 7.82. The van der Waals surface area contributed by atoms with Crippen molar-refractivity contribution in [3.8, 4) is 0 Å². The molecule has 102 valence electrons. The van der Waals surface area contributed by atoms with Crippen molar-refractivity contribution >= 4 is 28.7 Å². The van der Waals surface area contributed by atoms with Gasteiger partial charge < -0.3 is 15.2 Å². The fraction of sp³-hybridized carbons (Fsp3) is 0.900. The quantitative estimate of drug-likeness (QED) is 0.759. The summed E-state index contributed by atoms with van der Waals surface area (Å²) in [7, 11) is -0.875. The van der Waals surface area contributed by atoms with Crippen molar-refractivity contribution in [1.82, 2.24) is 5.32 Å². The molecule has 7 heteroatoms. The second-order valence-electron chi connectivity index (χ2n) is 4.59. The molecule has 0 aliphatic carbocycles. The Morgan fingerprint density at radius 2 is 2.12 bits per heavy atom. The number of rotatable bonds is 6. The molecule has 0 heterocycles. The zero-order valence-corrected chi connectivity index (χ0v) is 12.3. The van der Waals surface area contributed by atoms with E-state index in [0.717, 1.165) is 0 Å². The van der Waals surface area contributed by atoms with Crippen LogP contribution in [0.3, 0.4) is 0 Å². The van der Waals surface area contributed by atoms with E-state index in [1.165, 1.54) is 11.8 Å². The number of aliphatic hydroxyl groups is 1. The minimum absolute atomic E-state index is 0.164. The van der Waals surface area contributed by atoms with Crippen molar-refractivity contribution in [1.29, 1.82) is 0 Å². The fourth-order valence-electron chi connectivity index (χ4n) is 0.922. The van der Waals surface area contributed by atoms with E-state index < -0.39 is 22.5 Å². The number of ether oxygens (including phenoxy) is 1. The average Bonchev–Trinajstić information content (AvgIpc) is 2.12. The molecule has 0 saturated heterocycles. The molecule has 1 amide bonds. The second kappa shape index (κ2) is 7.94. The van der Waals surface area contributed by atoms with Gasteiger partial charge in [0.1, 0.15) is 5.60 Å². The van der Waals surface area contributed by atoms with Gasteiger partial charge in [-0.05, 0) is 20.8 Å². The van der Waals surface area contributed by atoms with Crippen molar-refractivity contribution < 1.29 is 18.8 Å². The van der Waals surface area contributed by atoms with Crippen LogP contribution in [-0.2, 0) is 15.5 Å². The molecule has 2 N–H and O–H groups in total. The Morgan fingerprint density at radius 1 is 1.53 bits per heavy atom. The molecule has 0 aromatic heterocycles. The van der Waals surface area contributed by atoms with Gasteiger partial charge in [0.05, 0.1) is 17.7 Å². The van der Waals surface area contributed by atoms with E-state index in [4.69, 9.17) is 9.84 Å². The largest absolute Gasteiger partial charge is 0.444 e. The number of carbonyl (C=O) groups excluding carboxylic acids is 1. The van der Waals surface area contributed by atoms with Crippen LogP contribution in [0.15, 0.2) is 0 Å². The van der Waals surface area contributed by atoms with E-state index in [-0.39, 0.29) is 12.6 Å². The summed E-state index contributed by atoms with van der Waals surface area (Å²) in [5, 5.41) is 12.1. The molecule has 0 aliphatic heterocycles. The van der Waals surface area contributed by atoms with Gasteiger partial charge in [-0.2, -0.15) is 0 Å². The fourth-order valence-corrected chi connectivity index (χ4v) is 2.72. The van der Waals surface area contributed by atoms with Crippen LogP contribution in [0.1, 0.15) is 20.8 Å². The topological polar surface area (TPSA) is 75.6 Å². The second-order valence-corrected chi connectivity index (χ2v) is 7.42. The third-order valence-corrected chi connectivity index (χ3v) is 4.14. The van der Waals surface area contributed by atoms with E-state index in [9.17, 15) is 9.00 Å². The summed E-state index contributed by atoms with van der Waals surface area (Å²) < 4.78 is 15.9. The highest BCUT2D eigenvalue weighted by atomic mass is 32.2. The van der Waals surface area contributed by atoms with Gasteiger partial charge in [0.25, 0.3) is 0 Å². The number of thioether (sulfide) groups is 1. The molecule has 0 fully saturated rings. The Labute approximate surface area is 109 Å². The van der Waals surface area contributed by atoms with Crippen LogP contribution < -0.4 is 5.32 Å². The number of carbonyl (C=O) groups is 1. The SMILES string of the molecule is CS(=O)CSCC(CO)NC(=O)OC(C)(C)C. The number of nitrogens with one attached hydrogen (secondary N) is 1. The normalized spacial score (nSPS) is 15.1. The highest BCUT2D eigenvalue weighted by Crippen LogP contribution is 2.08. The predicted molar refractivity (Wildman–Crippen MR) is 71.6 cm³/mol. The van der Waals surface area contributed by atoms with Crippen molar-refractivity contribution in [3.63, 3.8) is 0 Å². The first-order valence-electron chi connectivity index (χ1n) is 5.22. The summed E-state index contributed by atoms with van der Waals surface area (Å²) >= 11 is 1.42. The van der Waals surface area contributed by atoms with Crippen molar-refractivity contribution in [2.24, 2.45) is 0 Å². The summed E-state index contributed by atoms with van der Waals surface area (Å²) in [5.74, 6) is 0.509. The van der Waals surface area contributed by atoms with E-state index >= 15 is 0 Å². The third kappa shape index (κ3) is 10.6. The molecule has 0 aliphatic rings. The van der Waals surface area contributed by atoms with Crippen molar-refractivity contribution in [2.75, 3.05) is 23.7 Å². The van der Waals surface area contributed by atoms with Crippen LogP contribution >= 0.6 is 11.8 Å². The molecule has 0 bridgehead atoms. The summed E-state index contributed by atoms with van der Waals surface area (Å²) in [6, 6.07) is -0.376. The first-order chi connectivity index (χ1) is 7.74. The molecule has 0 spiro atoms. The van der Waals surface area contributed by atoms with E-state index in [0.29, 0.717) is 10.8 Å². The monoisotopic (exact) mass is 283 g/mol. The maximum absolute atomic E-state index is 11.4. The Bertz CT molecular complexity index is 266. The standard InChI is InChI=1S/C10H21NO4S2/c1-10(2,3)15-9(13)11-8(5-12)6-16-7-17(4)14/h8,12H,5-7H2,1-4H3,(H,11,13). The van der Waals surface area contributed by atoms with E-state index in [1.807, 2.05) is 0 Å². The van der Waals surface area contributed by atoms with E-state index in [1.54, 1.807) is 27.0 Å². The molecule has 0 aromatic rings. The minimum Gasteiger partial charge on any atom is -0.444 e. The first kappa shape index (κ1) is 16.7. The predicted octanol–water partition coefficient (Wildman–Crippen LogP) is 0.941. The molecule has 17 heavy (non-hydrogen) atoms. The number of amides is 1. The van der Waals surface area contributed by atoms with Gasteiger partial charge >= 0.3 is 6.09 Å². The average molecular weight is 283 g/mol. The minimum atomic E-state index is -0.875. The van der Waals surface area contributed by atoms with Gasteiger partial charge in [-0.15, -0.1) is 11.8 Å². The summed E-state index contributed by atoms with van der Waals surface area (Å²) in [5.41, 5.74) is -0.553. The van der Waals surface area contributed by atoms with E-state index in [2.05, 4.69) is 5.32 Å². The molecular formula is C10H21NO4S2. The summed E-state index contributed by atoms with van der Waals surface area (Å²) in [6.45, 7) is 5.16. The zero-order chi connectivity index (χ0) is 13.5. The maximum Gasteiger partial charge on any atom is 0.407 e. The van der Waals surface area contributed by atoms with Crippen LogP contribution in [0.5, 0.6) is 0 Å². The molecule has 2 unspecified atom stereocenters. The van der Waals surface area contributed by atoms with Crippen molar-refractivity contribution in [3.05, 3.63) is 0 Å². The van der Waals surface area contributed by atoms with Gasteiger partial charge in [0, 0.05) is 22.8 Å². The lowest BCUT2D eigenvalue weighted by Gasteiger charge is -2.22. The van der Waals surface area contributed by atoms with Crippen LogP contribution in [0, 0.1) is 0 Å². The summed E-state index contributed by atoms with van der Waals surface area (Å²) in [6.07, 6.45) is 1.07. The highest BCUT2D eigenvalue weighted by molar-refractivity contribution is 8.10. The number of hydrogen-bond donors (Lipinski definition) is 2. The lowest BCUT2D eigenvalue weighted by Crippen LogP contribution is -2.42. The molecule has 0 saturated carbocycles. The third-order valence-electron chi connectivity index (χ3n) is 1.51. The van der Waals surface area contributed by atoms with Crippen LogP contribution in [0.25, 0.3) is 0 Å². The van der Waals surface area contributed by atoms with Gasteiger partial charge in [0.15, 0.2) is 0 Å². The van der Waals surface area contributed by atoms with Crippen LogP contribution in [0.4, 0.5) is 4.79 Å². The summed E-state index contributed by atoms with van der Waals surface area (Å²) in [4.78, 5) is 11.4. The van der Waals surface area contributed by atoms with Gasteiger partial charge in [0.2, 0.25) is 0 Å². The molecular weight excluding hydrogens is 262 g/mol. The molecule has 0 aromatic carbocycles. The Morgan fingerprint density at radius 3 is 2.53 bits per heavy atom. The first-order valence-corrected chi connectivity index (χ1v) is 8.11. The molecule has 5 nitrogen and oxygen atoms in total. The Balaban J connectivity index is 3.95. The number of aliphatic hydroxyl groups excluding tert-OH is 1. The van der Waals surface area contributed by atoms with Crippen LogP contribution in [0.2, 0.25) is 0 Å². The lowest BCUT2D eigenvalue weighted by atomic mass is 10.2. The highest BCUT2D eigenvalue weighted by Gasteiger charge is 2.19. The molecule has 0 radical (unpaired) electrons. The van der Waals surface area contributed by atoms with Gasteiger partial charge in [-0.1, -0.05) is 0 Å². The molecule has 2 atom stereocenters. The van der Waals surface area contributed by atoms with Crippen molar-refractivity contribution in [2.45, 2.75) is 32.4 Å². The zero-order valence-electron chi connectivity index (χ0n) is 10.7. The Hall–Kier alpha value is -0.270. The number of hydrogen-bond acceptors (Lipinski definition) is 5.